The summed E-state index contributed by atoms with van der Waals surface area (Å²) in [5.41, 5.74) is 1.16. The highest BCUT2D eigenvalue weighted by molar-refractivity contribution is 8.15. The molecule has 0 unspecified atom stereocenters. The molecule has 0 aromatic heterocycles. The van der Waals surface area contributed by atoms with Gasteiger partial charge in [0.2, 0.25) is 5.91 Å². The Morgan fingerprint density at radius 2 is 1.83 bits per heavy atom. The number of nitrogens with zero attached hydrogens (tertiary/aromatic N) is 3. The van der Waals surface area contributed by atoms with Gasteiger partial charge in [-0.1, -0.05) is 23.9 Å². The Morgan fingerprint density at radius 3 is 2.57 bits per heavy atom. The molecule has 0 saturated carbocycles. The summed E-state index contributed by atoms with van der Waals surface area (Å²) in [4.78, 5) is 13.5. The van der Waals surface area contributed by atoms with E-state index in [1.165, 1.54) is 35.0 Å². The molecule has 3 rings (SSSR count). The first-order valence-corrected chi connectivity index (χ1v) is 7.77. The quantitative estimate of drug-likeness (QED) is 0.670. The molecule has 1 saturated heterocycles. The Bertz CT molecular complexity index is 787. The lowest BCUT2D eigenvalue weighted by molar-refractivity contribution is -0.115. The van der Waals surface area contributed by atoms with Gasteiger partial charge >= 0.3 is 0 Å². The Hall–Kier alpha value is -2.80. The first kappa shape index (κ1) is 15.1. The van der Waals surface area contributed by atoms with Crippen LogP contribution in [0.3, 0.4) is 0 Å². The van der Waals surface area contributed by atoms with Gasteiger partial charge in [-0.2, -0.15) is 5.10 Å². The second-order valence-corrected chi connectivity index (χ2v) is 5.66. The summed E-state index contributed by atoms with van der Waals surface area (Å²) in [6.07, 6.45) is 1.43. The van der Waals surface area contributed by atoms with E-state index in [4.69, 9.17) is 0 Å². The van der Waals surface area contributed by atoms with Crippen molar-refractivity contribution in [3.63, 3.8) is 0 Å². The van der Waals surface area contributed by atoms with Crippen LogP contribution in [0, 0.1) is 0 Å². The number of amides is 1. The SMILES string of the molecule is O=C1CS/C(=N/N=C/c2ccccc2O)N1c1ccc(O)cc1. The fourth-order valence-electron chi connectivity index (χ4n) is 2.03. The van der Waals surface area contributed by atoms with Crippen LogP contribution in [0.1, 0.15) is 5.56 Å². The number of benzene rings is 2. The van der Waals surface area contributed by atoms with Crippen molar-refractivity contribution in [2.45, 2.75) is 0 Å². The molecule has 23 heavy (non-hydrogen) atoms. The standard InChI is InChI=1S/C16H13N3O3S/c20-13-7-5-12(6-8-13)19-15(22)10-23-16(19)18-17-9-11-3-1-2-4-14(11)21/h1-9,20-21H,10H2/b17-9+,18-16+. The minimum Gasteiger partial charge on any atom is -0.508 e. The van der Waals surface area contributed by atoms with Gasteiger partial charge in [0.25, 0.3) is 0 Å². The summed E-state index contributed by atoms with van der Waals surface area (Å²) in [6, 6.07) is 13.1. The zero-order valence-corrected chi connectivity index (χ0v) is 12.8. The Morgan fingerprint density at radius 1 is 1.09 bits per heavy atom. The van der Waals surface area contributed by atoms with Crippen molar-refractivity contribution >= 4 is 34.7 Å². The fourth-order valence-corrected chi connectivity index (χ4v) is 2.85. The average Bonchev–Trinajstić information content (AvgIpc) is 2.91. The molecule has 1 aliphatic rings. The smallest absolute Gasteiger partial charge is 0.243 e. The van der Waals surface area contributed by atoms with Crippen LogP contribution < -0.4 is 4.90 Å². The predicted molar refractivity (Wildman–Crippen MR) is 91.2 cm³/mol. The van der Waals surface area contributed by atoms with Crippen molar-refractivity contribution in [3.05, 3.63) is 54.1 Å². The number of anilines is 1. The van der Waals surface area contributed by atoms with Gasteiger partial charge in [-0.25, -0.2) is 0 Å². The molecule has 0 spiro atoms. The molecule has 0 aliphatic carbocycles. The lowest BCUT2D eigenvalue weighted by Gasteiger charge is -2.14. The van der Waals surface area contributed by atoms with Gasteiger partial charge in [0.1, 0.15) is 11.5 Å². The van der Waals surface area contributed by atoms with Gasteiger partial charge in [-0.05, 0) is 36.4 Å². The third-order valence-electron chi connectivity index (χ3n) is 3.15. The molecule has 0 bridgehead atoms. The molecule has 1 aliphatic heterocycles. The number of carbonyl (C=O) groups is 1. The third-order valence-corrected chi connectivity index (χ3v) is 4.06. The first-order chi connectivity index (χ1) is 11.1. The number of phenols is 2. The number of phenolic OH excluding ortho intramolecular Hbond substituents is 2. The van der Waals surface area contributed by atoms with E-state index >= 15 is 0 Å². The van der Waals surface area contributed by atoms with E-state index in [1.807, 2.05) is 0 Å². The van der Waals surface area contributed by atoms with E-state index in [-0.39, 0.29) is 23.2 Å². The predicted octanol–water partition coefficient (Wildman–Crippen LogP) is 2.57. The number of hydrogen-bond donors (Lipinski definition) is 2. The number of carbonyl (C=O) groups excluding carboxylic acids is 1. The highest BCUT2D eigenvalue weighted by atomic mass is 32.2. The molecule has 0 radical (unpaired) electrons. The van der Waals surface area contributed by atoms with Crippen LogP contribution in [0.2, 0.25) is 0 Å². The number of para-hydroxylation sites is 1. The number of amidine groups is 1. The van der Waals surface area contributed by atoms with Crippen molar-refractivity contribution in [1.82, 2.24) is 0 Å². The highest BCUT2D eigenvalue weighted by Crippen LogP contribution is 2.28. The summed E-state index contributed by atoms with van der Waals surface area (Å²) in [5, 5.41) is 27.5. The van der Waals surface area contributed by atoms with Crippen molar-refractivity contribution < 1.29 is 15.0 Å². The Labute approximate surface area is 136 Å². The number of aromatic hydroxyl groups is 2. The van der Waals surface area contributed by atoms with Crippen LogP contribution in [0.5, 0.6) is 11.5 Å². The van der Waals surface area contributed by atoms with Gasteiger partial charge in [0.05, 0.1) is 17.7 Å². The highest BCUT2D eigenvalue weighted by Gasteiger charge is 2.29. The third kappa shape index (κ3) is 3.35. The van der Waals surface area contributed by atoms with Crippen LogP contribution in [-0.4, -0.2) is 33.3 Å². The monoisotopic (exact) mass is 327 g/mol. The molecule has 6 nitrogen and oxygen atoms in total. The van der Waals surface area contributed by atoms with E-state index in [0.717, 1.165) is 0 Å². The number of rotatable bonds is 3. The molecule has 1 fully saturated rings. The lowest BCUT2D eigenvalue weighted by Crippen LogP contribution is -2.28. The summed E-state index contributed by atoms with van der Waals surface area (Å²) >= 11 is 1.28. The van der Waals surface area contributed by atoms with Gasteiger partial charge in [0.15, 0.2) is 5.17 Å². The van der Waals surface area contributed by atoms with Crippen LogP contribution in [-0.2, 0) is 4.79 Å². The summed E-state index contributed by atoms with van der Waals surface area (Å²) in [7, 11) is 0. The summed E-state index contributed by atoms with van der Waals surface area (Å²) in [5.74, 6) is 0.425. The van der Waals surface area contributed by atoms with Crippen LogP contribution in [0.25, 0.3) is 0 Å². The fraction of sp³-hybridized carbons (Fsp3) is 0.0625. The van der Waals surface area contributed by atoms with E-state index in [1.54, 1.807) is 36.4 Å². The van der Waals surface area contributed by atoms with E-state index in [0.29, 0.717) is 16.4 Å². The maximum atomic E-state index is 12.0. The summed E-state index contributed by atoms with van der Waals surface area (Å²) < 4.78 is 0. The molecule has 1 heterocycles. The molecular weight excluding hydrogens is 314 g/mol. The average molecular weight is 327 g/mol. The van der Waals surface area contributed by atoms with Crippen molar-refractivity contribution in [1.29, 1.82) is 0 Å². The number of thioether (sulfide) groups is 1. The van der Waals surface area contributed by atoms with Gasteiger partial charge in [-0.15, -0.1) is 5.10 Å². The second kappa shape index (κ2) is 6.53. The van der Waals surface area contributed by atoms with Gasteiger partial charge in [-0.3, -0.25) is 9.69 Å². The van der Waals surface area contributed by atoms with Gasteiger partial charge in [0, 0.05) is 5.56 Å². The van der Waals surface area contributed by atoms with Crippen molar-refractivity contribution in [2.24, 2.45) is 10.2 Å². The molecule has 1 amide bonds. The first-order valence-electron chi connectivity index (χ1n) is 6.79. The normalized spacial score (nSPS) is 16.6. The summed E-state index contributed by atoms with van der Waals surface area (Å²) in [6.45, 7) is 0. The Kier molecular flexibility index (Phi) is 4.29. The van der Waals surface area contributed by atoms with E-state index < -0.39 is 0 Å². The molecule has 116 valence electrons. The molecule has 2 N–H and O–H groups in total. The van der Waals surface area contributed by atoms with Gasteiger partial charge < -0.3 is 10.2 Å². The van der Waals surface area contributed by atoms with Crippen LogP contribution in [0.4, 0.5) is 5.69 Å². The molecular formula is C16H13N3O3S. The van der Waals surface area contributed by atoms with Crippen molar-refractivity contribution in [2.75, 3.05) is 10.7 Å². The van der Waals surface area contributed by atoms with E-state index in [9.17, 15) is 15.0 Å². The molecule has 7 heteroatoms. The lowest BCUT2D eigenvalue weighted by atomic mass is 10.2. The van der Waals surface area contributed by atoms with E-state index in [2.05, 4.69) is 10.2 Å². The molecule has 2 aromatic carbocycles. The zero-order valence-electron chi connectivity index (χ0n) is 12.0. The van der Waals surface area contributed by atoms with Crippen molar-refractivity contribution in [3.8, 4) is 11.5 Å². The minimum absolute atomic E-state index is 0.0998. The molecule has 2 aromatic rings. The largest absolute Gasteiger partial charge is 0.508 e. The Balaban J connectivity index is 1.84. The van der Waals surface area contributed by atoms with Crippen LogP contribution >= 0.6 is 11.8 Å². The maximum absolute atomic E-state index is 12.0. The van der Waals surface area contributed by atoms with Crippen LogP contribution in [0.15, 0.2) is 58.7 Å². The topological polar surface area (TPSA) is 85.5 Å². The maximum Gasteiger partial charge on any atom is 0.243 e. The second-order valence-electron chi connectivity index (χ2n) is 4.72. The molecule has 0 atom stereocenters. The number of hydrogen-bond acceptors (Lipinski definition) is 6. The minimum atomic E-state index is -0.0998. The zero-order chi connectivity index (χ0) is 16.2.